The minimum atomic E-state index is -1.74. The number of hydrogen-bond donors (Lipinski definition) is 13. The van der Waals surface area contributed by atoms with Gasteiger partial charge in [-0.2, -0.15) is 11.8 Å². The molecule has 0 aliphatic carbocycles. The third-order valence-corrected chi connectivity index (χ3v) is 11.7. The first-order valence-electron chi connectivity index (χ1n) is 23.8. The molecule has 73 heavy (non-hydrogen) atoms. The highest BCUT2D eigenvalue weighted by atomic mass is 32.2. The molecule has 8 atom stereocenters. The predicted molar refractivity (Wildman–Crippen MR) is 269 cm³/mol. The maximum atomic E-state index is 14.5. The normalized spacial score (nSPS) is 14.5. The number of hydrogen-bond acceptors (Lipinski definition) is 14. The Kier molecular flexibility index (Phi) is 26.2. The van der Waals surface area contributed by atoms with Crippen molar-refractivity contribution in [2.45, 2.75) is 141 Å². The molecule has 0 aromatic heterocycles. The molecule has 7 amide bonds. The molecule has 0 saturated carbocycles. The van der Waals surface area contributed by atoms with Crippen molar-refractivity contribution in [3.05, 3.63) is 59.7 Å². The van der Waals surface area contributed by atoms with Crippen LogP contribution in [0.2, 0.25) is 0 Å². The SMILES string of the molecule is CSCC[C@H](NC(=O)[C@H](CC(C)C)NC(=O)[C@H](Cc1ccc(O)cc1)NC(=O)[C@H](Cc1ccc(O)cc1)NC(=O)[C@H](CC(C)C)NC(=O)[C@@H](N)CC(=O)O)C(=O)N[C@@H](CC(=O)O)C(=O)N[C@@H](CC(C)C)C(=O)O. The molecule has 404 valence electrons. The molecule has 0 bridgehead atoms. The second kappa shape index (κ2) is 30.8. The molecule has 23 nitrogen and oxygen atoms in total. The van der Waals surface area contributed by atoms with Gasteiger partial charge in [0.15, 0.2) is 0 Å². The van der Waals surface area contributed by atoms with Crippen molar-refractivity contribution in [3.8, 4) is 11.5 Å². The van der Waals surface area contributed by atoms with Crippen LogP contribution < -0.4 is 43.0 Å². The molecule has 14 N–H and O–H groups in total. The highest BCUT2D eigenvalue weighted by Crippen LogP contribution is 2.16. The topological polar surface area (TPSA) is 382 Å². The molecule has 0 spiro atoms. The van der Waals surface area contributed by atoms with Gasteiger partial charge in [0.05, 0.1) is 18.9 Å². The standard InChI is InChI=1S/C49H72N8O15S/c1-25(2)18-34(52-42(64)32(50)23-40(60)61)45(67)54-37(22-29-10-14-31(59)15-11-29)47(69)55-36(21-28-8-12-30(58)13-9-28)46(68)53-35(19-26(3)4)44(66)51-33(16-17-73-7)43(65)56-38(24-41(62)63)48(70)57-39(49(71)72)20-27(5)6/h8-15,25-27,32-39,58-59H,16-24,50H2,1-7H3,(H,51,66)(H,52,64)(H,53,68)(H,54,67)(H,55,69)(H,56,65)(H,57,70)(H,60,61)(H,62,63)(H,71,72)/t32-,33-,34-,35-,36-,37-,38-,39-/m0/s1. The third kappa shape index (κ3) is 23.4. The number of carbonyl (C=O) groups excluding carboxylic acids is 7. The molecule has 2 aromatic carbocycles. The summed E-state index contributed by atoms with van der Waals surface area (Å²) in [5, 5.41) is 66.1. The van der Waals surface area contributed by atoms with Crippen molar-refractivity contribution < 1.29 is 73.5 Å². The minimum Gasteiger partial charge on any atom is -0.508 e. The first-order valence-corrected chi connectivity index (χ1v) is 25.2. The number of phenolic OH excluding ortho intramolecular Hbond substituents is 2. The first kappa shape index (κ1) is 62.2. The first-order chi connectivity index (χ1) is 34.2. The Hall–Kier alpha value is -6.95. The highest BCUT2D eigenvalue weighted by molar-refractivity contribution is 7.98. The molecule has 0 aliphatic rings. The number of carboxylic acid groups (broad SMARTS) is 3. The Morgan fingerprint density at radius 2 is 0.767 bits per heavy atom. The number of aliphatic carboxylic acids is 3. The van der Waals surface area contributed by atoms with E-state index < -0.39 is 120 Å². The number of rotatable bonds is 32. The Bertz CT molecular complexity index is 2210. The van der Waals surface area contributed by atoms with Crippen LogP contribution in [0, 0.1) is 17.8 Å². The Morgan fingerprint density at radius 3 is 1.15 bits per heavy atom. The molecule has 0 fully saturated rings. The predicted octanol–water partition coefficient (Wildman–Crippen LogP) is 0.529. The lowest BCUT2D eigenvalue weighted by molar-refractivity contribution is -0.144. The molecule has 2 rings (SSSR count). The van der Waals surface area contributed by atoms with E-state index in [0.717, 1.165) is 0 Å². The summed E-state index contributed by atoms with van der Waals surface area (Å²) in [6.45, 7) is 10.5. The Labute approximate surface area is 428 Å². The molecule has 0 heterocycles. The van der Waals surface area contributed by atoms with Crippen molar-refractivity contribution in [1.29, 1.82) is 0 Å². The number of aromatic hydroxyl groups is 2. The van der Waals surface area contributed by atoms with Gasteiger partial charge in [0.1, 0.15) is 53.8 Å². The summed E-state index contributed by atoms with van der Waals surface area (Å²) in [5.74, 6) is -11.2. The fraction of sp³-hybridized carbons (Fsp3) is 0.551. The summed E-state index contributed by atoms with van der Waals surface area (Å²) in [7, 11) is 0. The van der Waals surface area contributed by atoms with Crippen molar-refractivity contribution in [1.82, 2.24) is 37.2 Å². The Balaban J connectivity index is 2.56. The van der Waals surface area contributed by atoms with Gasteiger partial charge in [0.25, 0.3) is 0 Å². The average molecular weight is 1050 g/mol. The zero-order valence-corrected chi connectivity index (χ0v) is 43.0. The van der Waals surface area contributed by atoms with E-state index >= 15 is 0 Å². The fourth-order valence-electron chi connectivity index (χ4n) is 7.33. The number of carboxylic acids is 3. The third-order valence-electron chi connectivity index (χ3n) is 11.0. The van der Waals surface area contributed by atoms with Crippen molar-refractivity contribution in [3.63, 3.8) is 0 Å². The molecular formula is C49H72N8O15S. The quantitative estimate of drug-likeness (QED) is 0.0475. The highest BCUT2D eigenvalue weighted by Gasteiger charge is 2.36. The summed E-state index contributed by atoms with van der Waals surface area (Å²) in [6, 6.07) is -0.287. The largest absolute Gasteiger partial charge is 0.508 e. The minimum absolute atomic E-state index is 0.00904. The maximum absolute atomic E-state index is 14.5. The van der Waals surface area contributed by atoms with E-state index in [1.54, 1.807) is 47.8 Å². The number of nitrogens with two attached hydrogens (primary N) is 1. The summed E-state index contributed by atoms with van der Waals surface area (Å²) in [5.41, 5.74) is 6.66. The van der Waals surface area contributed by atoms with E-state index in [0.29, 0.717) is 11.1 Å². The van der Waals surface area contributed by atoms with Gasteiger partial charge in [-0.05, 0) is 90.8 Å². The smallest absolute Gasteiger partial charge is 0.326 e. The number of amides is 7. The summed E-state index contributed by atoms with van der Waals surface area (Å²) >= 11 is 1.31. The summed E-state index contributed by atoms with van der Waals surface area (Å²) in [4.78, 5) is 132. The molecule has 0 radical (unpaired) electrons. The monoisotopic (exact) mass is 1040 g/mol. The second-order valence-electron chi connectivity index (χ2n) is 19.0. The number of carbonyl (C=O) groups is 10. The van der Waals surface area contributed by atoms with Crippen molar-refractivity contribution >= 4 is 71.0 Å². The van der Waals surface area contributed by atoms with Gasteiger partial charge in [0.2, 0.25) is 41.4 Å². The van der Waals surface area contributed by atoms with Gasteiger partial charge in [-0.25, -0.2) is 4.79 Å². The second-order valence-corrected chi connectivity index (χ2v) is 20.0. The zero-order chi connectivity index (χ0) is 55.1. The van der Waals surface area contributed by atoms with Gasteiger partial charge < -0.3 is 68.5 Å². The number of thioether (sulfide) groups is 1. The van der Waals surface area contributed by atoms with Crippen LogP contribution in [0.1, 0.15) is 91.2 Å². The van der Waals surface area contributed by atoms with Gasteiger partial charge >= 0.3 is 17.9 Å². The van der Waals surface area contributed by atoms with E-state index in [2.05, 4.69) is 37.2 Å². The molecule has 2 aromatic rings. The van der Waals surface area contributed by atoms with Crippen LogP contribution in [-0.2, 0) is 60.8 Å². The average Bonchev–Trinajstić information content (AvgIpc) is 3.29. The Morgan fingerprint density at radius 1 is 0.452 bits per heavy atom. The lowest BCUT2D eigenvalue weighted by atomic mass is 9.99. The fourth-order valence-corrected chi connectivity index (χ4v) is 7.81. The van der Waals surface area contributed by atoms with Crippen LogP contribution in [0.4, 0.5) is 0 Å². The number of benzene rings is 2. The summed E-state index contributed by atoms with van der Waals surface area (Å²) in [6.07, 6.45) is -0.350. The van der Waals surface area contributed by atoms with Crippen molar-refractivity contribution in [2.24, 2.45) is 23.5 Å². The molecule has 0 unspecified atom stereocenters. The van der Waals surface area contributed by atoms with Crippen LogP contribution >= 0.6 is 11.8 Å². The van der Waals surface area contributed by atoms with Gasteiger partial charge in [0, 0.05) is 12.8 Å². The van der Waals surface area contributed by atoms with Crippen LogP contribution in [0.25, 0.3) is 0 Å². The molecule has 24 heteroatoms. The number of phenols is 2. The lowest BCUT2D eigenvalue weighted by Crippen LogP contribution is -2.61. The molecule has 0 saturated heterocycles. The van der Waals surface area contributed by atoms with E-state index in [4.69, 9.17) is 5.73 Å². The van der Waals surface area contributed by atoms with Crippen LogP contribution in [-0.4, -0.2) is 145 Å². The molecular weight excluding hydrogens is 973 g/mol. The molecule has 0 aliphatic heterocycles. The van der Waals surface area contributed by atoms with E-state index in [9.17, 15) is 73.5 Å². The summed E-state index contributed by atoms with van der Waals surface area (Å²) < 4.78 is 0. The van der Waals surface area contributed by atoms with E-state index in [-0.39, 0.29) is 73.5 Å². The van der Waals surface area contributed by atoms with Crippen LogP contribution in [0.15, 0.2) is 48.5 Å². The zero-order valence-electron chi connectivity index (χ0n) is 42.1. The van der Waals surface area contributed by atoms with Crippen molar-refractivity contribution in [2.75, 3.05) is 12.0 Å². The van der Waals surface area contributed by atoms with Crippen LogP contribution in [0.3, 0.4) is 0 Å². The van der Waals surface area contributed by atoms with E-state index in [1.807, 2.05) is 0 Å². The van der Waals surface area contributed by atoms with Gasteiger partial charge in [-0.1, -0.05) is 65.8 Å². The van der Waals surface area contributed by atoms with E-state index in [1.165, 1.54) is 60.3 Å². The number of nitrogens with one attached hydrogen (secondary N) is 7. The van der Waals surface area contributed by atoms with Gasteiger partial charge in [-0.15, -0.1) is 0 Å². The van der Waals surface area contributed by atoms with Crippen LogP contribution in [0.5, 0.6) is 11.5 Å². The van der Waals surface area contributed by atoms with Gasteiger partial charge in [-0.3, -0.25) is 43.2 Å². The maximum Gasteiger partial charge on any atom is 0.326 e. The lowest BCUT2D eigenvalue weighted by Gasteiger charge is -2.28.